The zero-order valence-electron chi connectivity index (χ0n) is 14.3. The summed E-state index contributed by atoms with van der Waals surface area (Å²) in [7, 11) is 0. The first-order chi connectivity index (χ1) is 12.2. The normalized spacial score (nSPS) is 10.3. The molecule has 5 heteroatoms. The molecule has 0 saturated carbocycles. The molecule has 0 fully saturated rings. The van der Waals surface area contributed by atoms with E-state index in [2.05, 4.69) is 46.8 Å². The number of nitrogens with one attached hydrogen (secondary N) is 2. The molecule has 126 valence electrons. The molecule has 0 spiro atoms. The van der Waals surface area contributed by atoms with Crippen LogP contribution in [0, 0.1) is 6.92 Å². The average Bonchev–Trinajstić information content (AvgIpc) is 2.64. The Bertz CT molecular complexity index is 861. The fraction of sp³-hybridized carbons (Fsp3) is 0.150. The number of hydrogen-bond donors (Lipinski definition) is 2. The first-order valence-electron chi connectivity index (χ1n) is 8.23. The fourth-order valence-corrected chi connectivity index (χ4v) is 2.57. The predicted molar refractivity (Wildman–Crippen MR) is 100 cm³/mol. The zero-order valence-corrected chi connectivity index (χ0v) is 14.3. The van der Waals surface area contributed by atoms with Crippen molar-refractivity contribution >= 4 is 23.1 Å². The van der Waals surface area contributed by atoms with Gasteiger partial charge in [-0.25, -0.2) is 0 Å². The van der Waals surface area contributed by atoms with Gasteiger partial charge in [0.05, 0.1) is 0 Å². The number of nitrogens with zero attached hydrogens (tertiary/aromatic N) is 2. The number of aryl methyl sites for hydroxylation is 2. The summed E-state index contributed by atoms with van der Waals surface area (Å²) in [5.41, 5.74) is 4.40. The van der Waals surface area contributed by atoms with Gasteiger partial charge >= 0.3 is 0 Å². The number of amides is 1. The van der Waals surface area contributed by atoms with Crippen molar-refractivity contribution in [1.29, 1.82) is 0 Å². The molecule has 0 bridgehead atoms. The van der Waals surface area contributed by atoms with E-state index in [9.17, 15) is 4.79 Å². The van der Waals surface area contributed by atoms with Crippen molar-refractivity contribution in [2.24, 2.45) is 0 Å². The van der Waals surface area contributed by atoms with Gasteiger partial charge in [-0.15, -0.1) is 10.2 Å². The molecule has 0 atom stereocenters. The summed E-state index contributed by atoms with van der Waals surface area (Å²) in [6.07, 6.45) is 0.926. The number of rotatable bonds is 5. The molecule has 2 aromatic carbocycles. The highest BCUT2D eigenvalue weighted by molar-refractivity contribution is 6.02. The topological polar surface area (TPSA) is 66.9 Å². The Kier molecular flexibility index (Phi) is 5.04. The van der Waals surface area contributed by atoms with Crippen molar-refractivity contribution in [2.45, 2.75) is 20.3 Å². The number of carbonyl (C=O) groups is 1. The zero-order chi connectivity index (χ0) is 17.6. The smallest absolute Gasteiger partial charge is 0.276 e. The van der Waals surface area contributed by atoms with E-state index in [1.54, 1.807) is 12.1 Å². The Morgan fingerprint density at radius 3 is 2.44 bits per heavy atom. The number of para-hydroxylation sites is 2. The van der Waals surface area contributed by atoms with Crippen LogP contribution in [0.2, 0.25) is 0 Å². The summed E-state index contributed by atoms with van der Waals surface area (Å²) in [5.74, 6) is 0.329. The van der Waals surface area contributed by atoms with Gasteiger partial charge in [0.2, 0.25) is 0 Å². The lowest BCUT2D eigenvalue weighted by Crippen LogP contribution is -2.14. The van der Waals surface area contributed by atoms with Crippen LogP contribution in [0.3, 0.4) is 0 Å². The maximum Gasteiger partial charge on any atom is 0.276 e. The average molecular weight is 332 g/mol. The van der Waals surface area contributed by atoms with E-state index in [-0.39, 0.29) is 11.6 Å². The molecule has 0 aliphatic carbocycles. The van der Waals surface area contributed by atoms with Gasteiger partial charge < -0.3 is 10.6 Å². The number of carbonyl (C=O) groups excluding carboxylic acids is 1. The molecule has 2 N–H and O–H groups in total. The van der Waals surface area contributed by atoms with Gasteiger partial charge in [0.1, 0.15) is 0 Å². The summed E-state index contributed by atoms with van der Waals surface area (Å²) in [6.45, 7) is 4.17. The summed E-state index contributed by atoms with van der Waals surface area (Å²) in [6, 6.07) is 18.9. The van der Waals surface area contributed by atoms with Crippen LogP contribution in [0.1, 0.15) is 28.5 Å². The second-order valence-corrected chi connectivity index (χ2v) is 5.71. The van der Waals surface area contributed by atoms with Gasteiger partial charge in [0.25, 0.3) is 5.91 Å². The Morgan fingerprint density at radius 2 is 1.76 bits per heavy atom. The molecule has 25 heavy (non-hydrogen) atoms. The van der Waals surface area contributed by atoms with Gasteiger partial charge in [-0.3, -0.25) is 4.79 Å². The highest BCUT2D eigenvalue weighted by Gasteiger charge is 2.10. The SMILES string of the molecule is CCc1cccc(C)c1Nc1ccc(C(=O)Nc2ccccc2)nn1. The molecule has 1 aromatic heterocycles. The number of hydrogen-bond acceptors (Lipinski definition) is 4. The molecule has 0 radical (unpaired) electrons. The van der Waals surface area contributed by atoms with E-state index in [4.69, 9.17) is 0 Å². The molecule has 3 aromatic rings. The van der Waals surface area contributed by atoms with Crippen LogP contribution in [-0.2, 0) is 6.42 Å². The van der Waals surface area contributed by atoms with Crippen LogP contribution in [0.5, 0.6) is 0 Å². The lowest BCUT2D eigenvalue weighted by molar-refractivity contribution is 0.102. The van der Waals surface area contributed by atoms with Gasteiger partial charge in [-0.1, -0.05) is 43.3 Å². The van der Waals surface area contributed by atoms with Crippen molar-refractivity contribution in [1.82, 2.24) is 10.2 Å². The molecular weight excluding hydrogens is 312 g/mol. The fourth-order valence-electron chi connectivity index (χ4n) is 2.57. The summed E-state index contributed by atoms with van der Waals surface area (Å²) < 4.78 is 0. The maximum atomic E-state index is 12.2. The molecule has 1 amide bonds. The largest absolute Gasteiger partial charge is 0.338 e. The molecule has 0 saturated heterocycles. The van der Waals surface area contributed by atoms with Gasteiger partial charge in [-0.2, -0.15) is 0 Å². The highest BCUT2D eigenvalue weighted by atomic mass is 16.1. The minimum Gasteiger partial charge on any atom is -0.338 e. The second-order valence-electron chi connectivity index (χ2n) is 5.71. The predicted octanol–water partition coefficient (Wildman–Crippen LogP) is 4.34. The lowest BCUT2D eigenvalue weighted by atomic mass is 10.1. The minimum absolute atomic E-state index is 0.273. The lowest BCUT2D eigenvalue weighted by Gasteiger charge is -2.13. The first kappa shape index (κ1) is 16.6. The van der Waals surface area contributed by atoms with Gasteiger partial charge in [0, 0.05) is 11.4 Å². The van der Waals surface area contributed by atoms with E-state index in [1.807, 2.05) is 36.4 Å². The molecule has 0 unspecified atom stereocenters. The standard InChI is InChI=1S/C20H20N4O/c1-3-15-9-7-8-14(2)19(15)22-18-13-12-17(23-24-18)20(25)21-16-10-5-4-6-11-16/h4-13H,3H2,1-2H3,(H,21,25)(H,22,24). The van der Waals surface area contributed by atoms with Crippen LogP contribution < -0.4 is 10.6 Å². The Labute approximate surface area is 147 Å². The van der Waals surface area contributed by atoms with Crippen LogP contribution in [0.4, 0.5) is 17.2 Å². The molecule has 3 rings (SSSR count). The van der Waals surface area contributed by atoms with E-state index in [0.717, 1.165) is 23.4 Å². The molecule has 5 nitrogen and oxygen atoms in total. The summed E-state index contributed by atoms with van der Waals surface area (Å²) >= 11 is 0. The van der Waals surface area contributed by atoms with Gasteiger partial charge in [-0.05, 0) is 48.7 Å². The van der Waals surface area contributed by atoms with Crippen molar-refractivity contribution in [2.75, 3.05) is 10.6 Å². The van der Waals surface area contributed by atoms with Crippen LogP contribution in [-0.4, -0.2) is 16.1 Å². The summed E-state index contributed by atoms with van der Waals surface area (Å²) in [4.78, 5) is 12.2. The number of anilines is 3. The maximum absolute atomic E-state index is 12.2. The molecule has 0 aliphatic rings. The third-order valence-electron chi connectivity index (χ3n) is 3.92. The van der Waals surface area contributed by atoms with E-state index in [1.165, 1.54) is 5.56 Å². The quantitative estimate of drug-likeness (QED) is 0.729. The van der Waals surface area contributed by atoms with Crippen molar-refractivity contribution in [3.05, 3.63) is 77.5 Å². The van der Waals surface area contributed by atoms with E-state index in [0.29, 0.717) is 5.82 Å². The summed E-state index contributed by atoms with van der Waals surface area (Å²) in [5, 5.41) is 14.3. The van der Waals surface area contributed by atoms with Crippen molar-refractivity contribution < 1.29 is 4.79 Å². The van der Waals surface area contributed by atoms with Gasteiger partial charge in [0.15, 0.2) is 11.5 Å². The van der Waals surface area contributed by atoms with Crippen molar-refractivity contribution in [3.63, 3.8) is 0 Å². The molecule has 1 heterocycles. The number of benzene rings is 2. The highest BCUT2D eigenvalue weighted by Crippen LogP contribution is 2.24. The third kappa shape index (κ3) is 4.01. The third-order valence-corrected chi connectivity index (χ3v) is 3.92. The monoisotopic (exact) mass is 332 g/mol. The first-order valence-corrected chi connectivity index (χ1v) is 8.23. The van der Waals surface area contributed by atoms with Crippen molar-refractivity contribution in [3.8, 4) is 0 Å². The minimum atomic E-state index is -0.282. The number of aromatic nitrogens is 2. The van der Waals surface area contributed by atoms with Crippen LogP contribution in [0.25, 0.3) is 0 Å². The van der Waals surface area contributed by atoms with E-state index >= 15 is 0 Å². The Hall–Kier alpha value is -3.21. The Morgan fingerprint density at radius 1 is 0.960 bits per heavy atom. The van der Waals surface area contributed by atoms with Crippen LogP contribution in [0.15, 0.2) is 60.7 Å². The second kappa shape index (κ2) is 7.57. The molecule has 0 aliphatic heterocycles. The Balaban J connectivity index is 1.74. The molecular formula is C20H20N4O. The van der Waals surface area contributed by atoms with E-state index < -0.39 is 0 Å². The van der Waals surface area contributed by atoms with Crippen LogP contribution >= 0.6 is 0 Å².